The van der Waals surface area contributed by atoms with E-state index in [1.165, 1.54) is 18.2 Å². The van der Waals surface area contributed by atoms with Gasteiger partial charge in [-0.25, -0.2) is 13.9 Å². The van der Waals surface area contributed by atoms with Crippen molar-refractivity contribution < 1.29 is 14.0 Å². The zero-order valence-corrected chi connectivity index (χ0v) is 17.8. The topological polar surface area (TPSA) is 95.1 Å². The third-order valence-electron chi connectivity index (χ3n) is 5.89. The van der Waals surface area contributed by atoms with Gasteiger partial charge in [-0.2, -0.15) is 5.10 Å². The van der Waals surface area contributed by atoms with Gasteiger partial charge >= 0.3 is 6.03 Å². The zero-order valence-electron chi connectivity index (χ0n) is 17.8. The molecule has 1 saturated heterocycles. The van der Waals surface area contributed by atoms with E-state index < -0.39 is 11.8 Å². The molecule has 5 rings (SSSR count). The number of carbonyl (C=O) groups is 2. The maximum absolute atomic E-state index is 13.3. The van der Waals surface area contributed by atoms with E-state index in [9.17, 15) is 14.0 Å². The summed E-state index contributed by atoms with van der Waals surface area (Å²) in [5, 5.41) is 10.8. The molecule has 3 N–H and O–H groups in total. The first kappa shape index (κ1) is 20.7. The molecule has 0 saturated carbocycles. The molecule has 9 heteroatoms. The number of hydrogen-bond acceptors (Lipinski definition) is 3. The molecule has 168 valence electrons. The van der Waals surface area contributed by atoms with Gasteiger partial charge in [0.2, 0.25) is 0 Å². The van der Waals surface area contributed by atoms with Crippen molar-refractivity contribution in [3.05, 3.63) is 78.4 Å². The van der Waals surface area contributed by atoms with E-state index in [4.69, 9.17) is 0 Å². The maximum Gasteiger partial charge on any atom is 0.324 e. The molecule has 0 spiro atoms. The quantitative estimate of drug-likeness (QED) is 0.427. The first-order valence-electron chi connectivity index (χ1n) is 10.8. The van der Waals surface area contributed by atoms with Crippen LogP contribution in [-0.4, -0.2) is 44.7 Å². The Labute approximate surface area is 189 Å². The highest BCUT2D eigenvalue weighted by Crippen LogP contribution is 2.27. The summed E-state index contributed by atoms with van der Waals surface area (Å²) in [6.45, 7) is 1.20. The van der Waals surface area contributed by atoms with Crippen LogP contribution < -0.4 is 10.6 Å². The Balaban J connectivity index is 1.20. The average Bonchev–Trinajstić information content (AvgIpc) is 3.47. The molecule has 4 aromatic rings. The molecule has 3 amide bonds. The molecule has 8 nitrogen and oxygen atoms in total. The molecule has 2 aromatic heterocycles. The van der Waals surface area contributed by atoms with E-state index >= 15 is 0 Å². The van der Waals surface area contributed by atoms with E-state index in [0.29, 0.717) is 30.2 Å². The second-order valence-corrected chi connectivity index (χ2v) is 8.05. The normalized spacial score (nSPS) is 14.4. The molecule has 0 radical (unpaired) electrons. The lowest BCUT2D eigenvalue weighted by Crippen LogP contribution is -2.39. The number of nitrogens with zero attached hydrogens (tertiary/aromatic N) is 3. The molecular formula is C24H23FN6O2. The van der Waals surface area contributed by atoms with Gasteiger partial charge in [0.1, 0.15) is 11.6 Å². The Hall–Kier alpha value is -4.14. The van der Waals surface area contributed by atoms with E-state index in [1.54, 1.807) is 23.0 Å². The lowest BCUT2D eigenvalue weighted by atomic mass is 10.0. The van der Waals surface area contributed by atoms with Gasteiger partial charge < -0.3 is 15.2 Å². The number of rotatable bonds is 4. The number of piperidine rings is 1. The first-order valence-corrected chi connectivity index (χ1v) is 10.8. The van der Waals surface area contributed by atoms with Crippen molar-refractivity contribution in [1.82, 2.24) is 19.7 Å². The van der Waals surface area contributed by atoms with Gasteiger partial charge in [0.25, 0.3) is 5.91 Å². The first-order chi connectivity index (χ1) is 16.1. The Bertz CT molecular complexity index is 1310. The summed E-state index contributed by atoms with van der Waals surface area (Å²) < 4.78 is 15.1. The highest BCUT2D eigenvalue weighted by atomic mass is 19.1. The summed E-state index contributed by atoms with van der Waals surface area (Å²) in [6.07, 6.45) is 4.93. The number of amides is 3. The second kappa shape index (κ2) is 8.78. The molecule has 0 atom stereocenters. The average molecular weight is 446 g/mol. The van der Waals surface area contributed by atoms with Gasteiger partial charge in [-0.05, 0) is 54.6 Å². The Morgan fingerprint density at radius 1 is 1.03 bits per heavy atom. The van der Waals surface area contributed by atoms with E-state index in [2.05, 4.69) is 20.7 Å². The lowest BCUT2D eigenvalue weighted by Gasteiger charge is -2.32. The Morgan fingerprint density at radius 3 is 2.70 bits per heavy atom. The molecular weight excluding hydrogens is 423 g/mol. The molecule has 1 fully saturated rings. The van der Waals surface area contributed by atoms with Crippen LogP contribution in [0.1, 0.15) is 29.2 Å². The minimum atomic E-state index is -0.477. The molecule has 0 aliphatic carbocycles. The fourth-order valence-corrected chi connectivity index (χ4v) is 4.23. The molecule has 2 aromatic carbocycles. The molecule has 33 heavy (non-hydrogen) atoms. The van der Waals surface area contributed by atoms with E-state index in [-0.39, 0.29) is 11.9 Å². The van der Waals surface area contributed by atoms with Crippen LogP contribution in [0.5, 0.6) is 0 Å². The third kappa shape index (κ3) is 4.43. The fourth-order valence-electron chi connectivity index (χ4n) is 4.23. The minimum absolute atomic E-state index is 0.0123. The standard InChI is InChI=1S/C24H23FN6O2/c25-18-2-1-3-19(15-18)28-24(33)29-22-7-11-27-31(22)20-8-12-30(13-9-20)23(32)17-5-4-16-6-10-26-21(16)14-17/h1-7,10-11,14-15,20,26H,8-9,12-13H2,(H2,28,29,33). The predicted molar refractivity (Wildman–Crippen MR) is 124 cm³/mol. The number of aromatic nitrogens is 3. The highest BCUT2D eigenvalue weighted by Gasteiger charge is 2.26. The van der Waals surface area contributed by atoms with Crippen LogP contribution in [0.4, 0.5) is 20.7 Å². The van der Waals surface area contributed by atoms with Crippen molar-refractivity contribution in [1.29, 1.82) is 0 Å². The maximum atomic E-state index is 13.3. The van der Waals surface area contributed by atoms with Crippen LogP contribution in [0, 0.1) is 5.82 Å². The second-order valence-electron chi connectivity index (χ2n) is 8.05. The molecule has 3 heterocycles. The summed E-state index contributed by atoms with van der Waals surface area (Å²) in [5.41, 5.74) is 1.97. The number of nitrogens with one attached hydrogen (secondary N) is 3. The van der Waals surface area contributed by atoms with Gasteiger partial charge in [0.05, 0.1) is 12.2 Å². The van der Waals surface area contributed by atoms with Crippen molar-refractivity contribution in [3.63, 3.8) is 0 Å². The van der Waals surface area contributed by atoms with Crippen LogP contribution in [0.3, 0.4) is 0 Å². The van der Waals surface area contributed by atoms with Crippen LogP contribution >= 0.6 is 0 Å². The number of hydrogen-bond donors (Lipinski definition) is 3. The number of H-pyrrole nitrogens is 1. The van der Waals surface area contributed by atoms with Gasteiger partial charge in [-0.15, -0.1) is 0 Å². The molecule has 0 bridgehead atoms. The van der Waals surface area contributed by atoms with E-state index in [1.807, 2.05) is 35.4 Å². The Morgan fingerprint density at radius 2 is 1.88 bits per heavy atom. The molecule has 1 aliphatic heterocycles. The van der Waals surface area contributed by atoms with Crippen molar-refractivity contribution >= 4 is 34.3 Å². The number of anilines is 2. The summed E-state index contributed by atoms with van der Waals surface area (Å²) in [4.78, 5) is 30.3. The van der Waals surface area contributed by atoms with Crippen LogP contribution in [0.15, 0.2) is 67.0 Å². The van der Waals surface area contributed by atoms with Crippen LogP contribution in [-0.2, 0) is 0 Å². The zero-order chi connectivity index (χ0) is 22.8. The minimum Gasteiger partial charge on any atom is -0.361 e. The number of likely N-dealkylation sites (tertiary alicyclic amines) is 1. The number of aromatic amines is 1. The largest absolute Gasteiger partial charge is 0.361 e. The molecule has 0 unspecified atom stereocenters. The van der Waals surface area contributed by atoms with Crippen LogP contribution in [0.2, 0.25) is 0 Å². The van der Waals surface area contributed by atoms with Crippen molar-refractivity contribution in [3.8, 4) is 0 Å². The van der Waals surface area contributed by atoms with Crippen molar-refractivity contribution in [2.75, 3.05) is 23.7 Å². The number of carbonyl (C=O) groups excluding carboxylic acids is 2. The van der Waals surface area contributed by atoms with Gasteiger partial charge in [0, 0.05) is 42.1 Å². The highest BCUT2D eigenvalue weighted by molar-refractivity contribution is 5.99. The van der Waals surface area contributed by atoms with Crippen molar-refractivity contribution in [2.45, 2.75) is 18.9 Å². The Kier molecular flexibility index (Phi) is 5.52. The SMILES string of the molecule is O=C(Nc1cccc(F)c1)Nc1ccnn1C1CCN(C(=O)c2ccc3cc[nH]c3c2)CC1. The number of urea groups is 1. The third-order valence-corrected chi connectivity index (χ3v) is 5.89. The number of benzene rings is 2. The monoisotopic (exact) mass is 446 g/mol. The summed E-state index contributed by atoms with van der Waals surface area (Å²) in [5.74, 6) is 0.135. The summed E-state index contributed by atoms with van der Waals surface area (Å²) >= 11 is 0. The number of fused-ring (bicyclic) bond motifs is 1. The van der Waals surface area contributed by atoms with Gasteiger partial charge in [0.15, 0.2) is 0 Å². The lowest BCUT2D eigenvalue weighted by molar-refractivity contribution is 0.0691. The van der Waals surface area contributed by atoms with Gasteiger partial charge in [-0.1, -0.05) is 12.1 Å². The summed E-state index contributed by atoms with van der Waals surface area (Å²) in [7, 11) is 0. The summed E-state index contributed by atoms with van der Waals surface area (Å²) in [6, 6.07) is 14.7. The van der Waals surface area contributed by atoms with Crippen molar-refractivity contribution in [2.24, 2.45) is 0 Å². The predicted octanol–water partition coefficient (Wildman–Crippen LogP) is 4.62. The smallest absolute Gasteiger partial charge is 0.324 e. The fraction of sp³-hybridized carbons (Fsp3) is 0.208. The van der Waals surface area contributed by atoms with Crippen LogP contribution in [0.25, 0.3) is 10.9 Å². The van der Waals surface area contributed by atoms with Gasteiger partial charge in [-0.3, -0.25) is 10.1 Å². The molecule has 1 aliphatic rings. The van der Waals surface area contributed by atoms with E-state index in [0.717, 1.165) is 23.7 Å². The number of halogens is 1.